The van der Waals surface area contributed by atoms with E-state index in [2.05, 4.69) is 46.9 Å². The van der Waals surface area contributed by atoms with Gasteiger partial charge in [-0.25, -0.2) is 0 Å². The largest absolute Gasteiger partial charge is 0.543 e. The van der Waals surface area contributed by atoms with Gasteiger partial charge in [0.25, 0.3) is 0 Å². The smallest absolute Gasteiger partial charge is 0.250 e. The van der Waals surface area contributed by atoms with Gasteiger partial charge in [-0.1, -0.05) is 45.9 Å². The van der Waals surface area contributed by atoms with E-state index < -0.39 is 8.32 Å². The van der Waals surface area contributed by atoms with Crippen molar-refractivity contribution < 1.29 is 4.43 Å². The van der Waals surface area contributed by atoms with E-state index in [-0.39, 0.29) is 11.1 Å². The minimum absolute atomic E-state index is 0.0611. The van der Waals surface area contributed by atoms with Crippen LogP contribution in [-0.2, 0) is 0 Å². The summed E-state index contributed by atoms with van der Waals surface area (Å²) in [6, 6.07) is 8.24. The van der Waals surface area contributed by atoms with Crippen LogP contribution in [0.5, 0.6) is 5.75 Å². The second-order valence-electron chi connectivity index (χ2n) is 6.41. The van der Waals surface area contributed by atoms with Crippen molar-refractivity contribution in [3.05, 3.63) is 29.8 Å². The summed E-state index contributed by atoms with van der Waals surface area (Å²) in [6.45, 7) is 13.4. The van der Waals surface area contributed by atoms with Crippen molar-refractivity contribution in [2.24, 2.45) is 5.73 Å². The molecule has 1 aromatic rings. The minimum Gasteiger partial charge on any atom is -0.543 e. The number of hydrogen-bond donors (Lipinski definition) is 1. The average molecular weight is 265 g/mol. The van der Waals surface area contributed by atoms with E-state index >= 15 is 0 Å². The molecule has 0 fully saturated rings. The van der Waals surface area contributed by atoms with E-state index in [1.807, 2.05) is 18.2 Å². The predicted molar refractivity (Wildman–Crippen MR) is 81.5 cm³/mol. The van der Waals surface area contributed by atoms with Crippen molar-refractivity contribution in [1.82, 2.24) is 0 Å². The zero-order valence-electron chi connectivity index (χ0n) is 12.6. The van der Waals surface area contributed by atoms with Crippen molar-refractivity contribution >= 4 is 8.32 Å². The fraction of sp³-hybridized carbons (Fsp3) is 0.600. The van der Waals surface area contributed by atoms with Gasteiger partial charge in [-0.05, 0) is 30.6 Å². The van der Waals surface area contributed by atoms with Gasteiger partial charge in [-0.15, -0.1) is 0 Å². The van der Waals surface area contributed by atoms with Crippen LogP contribution in [-0.4, -0.2) is 8.32 Å². The van der Waals surface area contributed by atoms with E-state index in [1.165, 1.54) is 0 Å². The number of para-hydroxylation sites is 1. The third-order valence-electron chi connectivity index (χ3n) is 3.93. The average Bonchev–Trinajstić information content (AvgIpc) is 2.26. The Kier molecular flexibility index (Phi) is 4.62. The van der Waals surface area contributed by atoms with Crippen LogP contribution < -0.4 is 10.2 Å². The molecule has 0 saturated heterocycles. The van der Waals surface area contributed by atoms with E-state index in [1.54, 1.807) is 0 Å². The molecule has 0 radical (unpaired) electrons. The molecule has 1 atom stereocenters. The van der Waals surface area contributed by atoms with Gasteiger partial charge < -0.3 is 10.2 Å². The molecule has 0 heterocycles. The number of benzene rings is 1. The normalized spacial score (nSPS) is 14.4. The highest BCUT2D eigenvalue weighted by Crippen LogP contribution is 2.39. The highest BCUT2D eigenvalue weighted by atomic mass is 28.4. The Balaban J connectivity index is 3.05. The summed E-state index contributed by atoms with van der Waals surface area (Å²) in [5, 5.41) is 0.205. The molecule has 0 aliphatic heterocycles. The van der Waals surface area contributed by atoms with Crippen molar-refractivity contribution in [1.29, 1.82) is 0 Å². The van der Waals surface area contributed by atoms with Crippen LogP contribution in [0.15, 0.2) is 24.3 Å². The molecule has 0 aliphatic carbocycles. The summed E-state index contributed by atoms with van der Waals surface area (Å²) in [5.74, 6) is 0.971. The van der Waals surface area contributed by atoms with Crippen LogP contribution in [0.4, 0.5) is 0 Å². The second kappa shape index (κ2) is 5.45. The Labute approximate surface area is 113 Å². The highest BCUT2D eigenvalue weighted by Gasteiger charge is 2.39. The molecule has 2 nitrogen and oxygen atoms in total. The zero-order valence-corrected chi connectivity index (χ0v) is 13.6. The SMILES string of the molecule is CCC(N)c1ccccc1O[Si](C)(C)C(C)(C)C. The molecule has 1 aromatic carbocycles. The van der Waals surface area contributed by atoms with Crippen molar-refractivity contribution in [2.45, 2.75) is 58.3 Å². The highest BCUT2D eigenvalue weighted by molar-refractivity contribution is 6.74. The van der Waals surface area contributed by atoms with Crippen LogP contribution in [0, 0.1) is 0 Å². The van der Waals surface area contributed by atoms with E-state index in [0.717, 1.165) is 17.7 Å². The van der Waals surface area contributed by atoms with Crippen LogP contribution in [0.3, 0.4) is 0 Å². The lowest BCUT2D eigenvalue weighted by Gasteiger charge is -2.37. The Morgan fingerprint density at radius 1 is 1.22 bits per heavy atom. The summed E-state index contributed by atoms with van der Waals surface area (Å²) in [7, 11) is -1.79. The summed E-state index contributed by atoms with van der Waals surface area (Å²) in [4.78, 5) is 0. The minimum atomic E-state index is -1.79. The number of nitrogens with two attached hydrogens (primary N) is 1. The maximum absolute atomic E-state index is 6.38. The zero-order chi connectivity index (χ0) is 14.0. The molecule has 18 heavy (non-hydrogen) atoms. The lowest BCUT2D eigenvalue weighted by Crippen LogP contribution is -2.44. The Morgan fingerprint density at radius 3 is 2.28 bits per heavy atom. The fourth-order valence-corrected chi connectivity index (χ4v) is 2.57. The second-order valence-corrected chi connectivity index (χ2v) is 11.1. The standard InChI is InChI=1S/C15H27NOSi/c1-7-13(16)12-10-8-9-11-14(12)17-18(5,6)15(2,3)4/h8-11,13H,7,16H2,1-6H3. The lowest BCUT2D eigenvalue weighted by molar-refractivity contribution is 0.480. The topological polar surface area (TPSA) is 35.2 Å². The first kappa shape index (κ1) is 15.3. The van der Waals surface area contributed by atoms with Crippen LogP contribution >= 0.6 is 0 Å². The molecule has 3 heteroatoms. The Bertz CT molecular complexity index is 396. The van der Waals surface area contributed by atoms with Gasteiger partial charge >= 0.3 is 0 Å². The summed E-state index contributed by atoms with van der Waals surface area (Å²) < 4.78 is 6.38. The van der Waals surface area contributed by atoms with Gasteiger partial charge in [0.05, 0.1) is 0 Å². The molecular weight excluding hydrogens is 238 g/mol. The van der Waals surface area contributed by atoms with Crippen molar-refractivity contribution in [3.63, 3.8) is 0 Å². The van der Waals surface area contributed by atoms with Crippen LogP contribution in [0.25, 0.3) is 0 Å². The molecule has 2 N–H and O–H groups in total. The first-order valence-corrected chi connectivity index (χ1v) is 9.63. The monoisotopic (exact) mass is 265 g/mol. The van der Waals surface area contributed by atoms with Gasteiger partial charge in [-0.3, -0.25) is 0 Å². The van der Waals surface area contributed by atoms with Gasteiger partial charge in [0.2, 0.25) is 8.32 Å². The molecular formula is C15H27NOSi. The van der Waals surface area contributed by atoms with Gasteiger partial charge in [0.15, 0.2) is 0 Å². The molecule has 0 aliphatic rings. The molecule has 102 valence electrons. The van der Waals surface area contributed by atoms with E-state index in [4.69, 9.17) is 10.2 Å². The van der Waals surface area contributed by atoms with Crippen LogP contribution in [0.2, 0.25) is 18.1 Å². The number of rotatable bonds is 4. The fourth-order valence-electron chi connectivity index (χ4n) is 1.53. The summed E-state index contributed by atoms with van der Waals surface area (Å²) in [5.41, 5.74) is 7.29. The maximum Gasteiger partial charge on any atom is 0.250 e. The van der Waals surface area contributed by atoms with Crippen LogP contribution in [0.1, 0.15) is 45.7 Å². The van der Waals surface area contributed by atoms with Gasteiger partial charge in [-0.2, -0.15) is 0 Å². The molecule has 1 unspecified atom stereocenters. The van der Waals surface area contributed by atoms with E-state index in [0.29, 0.717) is 0 Å². The first-order chi connectivity index (χ1) is 8.19. The maximum atomic E-state index is 6.38. The van der Waals surface area contributed by atoms with Crippen molar-refractivity contribution in [3.8, 4) is 5.75 Å². The molecule has 0 spiro atoms. The predicted octanol–water partition coefficient (Wildman–Crippen LogP) is 4.48. The Hall–Kier alpha value is -0.803. The molecule has 0 aromatic heterocycles. The van der Waals surface area contributed by atoms with Gasteiger partial charge in [0.1, 0.15) is 5.75 Å². The summed E-state index contributed by atoms with van der Waals surface area (Å²) in [6.07, 6.45) is 0.928. The molecule has 0 saturated carbocycles. The third-order valence-corrected chi connectivity index (χ3v) is 8.27. The quantitative estimate of drug-likeness (QED) is 0.815. The third kappa shape index (κ3) is 3.36. The van der Waals surface area contributed by atoms with Gasteiger partial charge in [0, 0.05) is 11.6 Å². The van der Waals surface area contributed by atoms with Crippen molar-refractivity contribution in [2.75, 3.05) is 0 Å². The van der Waals surface area contributed by atoms with E-state index in [9.17, 15) is 0 Å². The molecule has 0 amide bonds. The number of hydrogen-bond acceptors (Lipinski definition) is 2. The first-order valence-electron chi connectivity index (χ1n) is 6.72. The lowest BCUT2D eigenvalue weighted by atomic mass is 10.0. The Morgan fingerprint density at radius 2 is 1.78 bits per heavy atom. The summed E-state index contributed by atoms with van der Waals surface area (Å²) >= 11 is 0. The molecule has 0 bridgehead atoms. The molecule has 1 rings (SSSR count).